The van der Waals surface area contributed by atoms with Crippen molar-refractivity contribution in [2.75, 3.05) is 25.1 Å². The molecule has 0 unspecified atom stereocenters. The zero-order valence-corrected chi connectivity index (χ0v) is 22.9. The van der Waals surface area contributed by atoms with Crippen LogP contribution in [0.5, 0.6) is 17.2 Å². The number of carbonyl (C=O) groups excluding carboxylic acids is 1. The molecule has 0 saturated carbocycles. The molecule has 0 atom stereocenters. The van der Waals surface area contributed by atoms with Gasteiger partial charge in [-0.25, -0.2) is 13.8 Å². The van der Waals surface area contributed by atoms with Crippen molar-refractivity contribution in [1.29, 1.82) is 0 Å². The minimum atomic E-state index is -4.04. The van der Waals surface area contributed by atoms with Crippen LogP contribution in [0.25, 0.3) is 0 Å². The van der Waals surface area contributed by atoms with E-state index in [1.54, 1.807) is 60.7 Å². The summed E-state index contributed by atoms with van der Waals surface area (Å²) in [5.41, 5.74) is 4.38. The zero-order valence-electron chi connectivity index (χ0n) is 22.1. The summed E-state index contributed by atoms with van der Waals surface area (Å²) in [6.45, 7) is -0.103. The Balaban J connectivity index is 1.45. The molecule has 0 radical (unpaired) electrons. The fourth-order valence-corrected chi connectivity index (χ4v) is 5.19. The number of rotatable bonds is 12. The standard InChI is InChI=1S/C30H29N3O6S/c1-37-26-16-14-25(15-17-26)33(40(35,36)27-11-7-4-8-12-27)21-30(34)32-31-20-24-13-18-28(29(19-24)38-2)39-22-23-9-5-3-6-10-23/h3-20H,21-22H2,1-2H3,(H,32,34)/b31-20+. The summed E-state index contributed by atoms with van der Waals surface area (Å²) in [5, 5.41) is 4.01. The summed E-state index contributed by atoms with van der Waals surface area (Å²) in [6, 6.07) is 29.3. The van der Waals surface area contributed by atoms with Crippen molar-refractivity contribution in [3.63, 3.8) is 0 Å². The van der Waals surface area contributed by atoms with Gasteiger partial charge in [0.2, 0.25) is 0 Å². The molecule has 0 aromatic heterocycles. The highest BCUT2D eigenvalue weighted by Crippen LogP contribution is 2.28. The fourth-order valence-electron chi connectivity index (χ4n) is 3.75. The van der Waals surface area contributed by atoms with Crippen molar-refractivity contribution in [1.82, 2.24) is 5.43 Å². The van der Waals surface area contributed by atoms with Crippen LogP contribution in [-0.4, -0.2) is 41.3 Å². The average molecular weight is 560 g/mol. The minimum Gasteiger partial charge on any atom is -0.497 e. The molecule has 0 spiro atoms. The Labute approximate surface area is 233 Å². The number of methoxy groups -OCH3 is 2. The van der Waals surface area contributed by atoms with E-state index >= 15 is 0 Å². The normalized spacial score (nSPS) is 11.2. The molecule has 9 nitrogen and oxygen atoms in total. The molecular formula is C30H29N3O6S. The van der Waals surface area contributed by atoms with E-state index in [1.807, 2.05) is 30.3 Å². The van der Waals surface area contributed by atoms with Gasteiger partial charge in [0.1, 0.15) is 18.9 Å². The third-order valence-electron chi connectivity index (χ3n) is 5.81. The van der Waals surface area contributed by atoms with E-state index in [2.05, 4.69) is 10.5 Å². The van der Waals surface area contributed by atoms with E-state index in [4.69, 9.17) is 14.2 Å². The summed E-state index contributed by atoms with van der Waals surface area (Å²) in [5.74, 6) is 1.00. The molecule has 0 bridgehead atoms. The quantitative estimate of drug-likeness (QED) is 0.200. The van der Waals surface area contributed by atoms with E-state index in [0.717, 1.165) is 9.87 Å². The number of amides is 1. The number of benzene rings is 4. The molecule has 0 aliphatic carbocycles. The van der Waals surface area contributed by atoms with Crippen LogP contribution in [0.15, 0.2) is 113 Å². The van der Waals surface area contributed by atoms with Gasteiger partial charge >= 0.3 is 0 Å². The highest BCUT2D eigenvalue weighted by molar-refractivity contribution is 7.92. The molecule has 4 aromatic carbocycles. The Hall–Kier alpha value is -4.83. The molecule has 0 fully saturated rings. The molecule has 10 heteroatoms. The van der Waals surface area contributed by atoms with E-state index in [1.165, 1.54) is 32.6 Å². The Bertz CT molecular complexity index is 1540. The second-order valence-electron chi connectivity index (χ2n) is 8.50. The van der Waals surface area contributed by atoms with Crippen LogP contribution in [0, 0.1) is 0 Å². The Morgan fingerprint density at radius 3 is 2.17 bits per heavy atom. The van der Waals surface area contributed by atoms with E-state index in [-0.39, 0.29) is 4.90 Å². The Morgan fingerprint density at radius 1 is 0.850 bits per heavy atom. The Morgan fingerprint density at radius 2 is 1.52 bits per heavy atom. The van der Waals surface area contributed by atoms with Gasteiger partial charge in [0.25, 0.3) is 15.9 Å². The van der Waals surface area contributed by atoms with Crippen LogP contribution < -0.4 is 23.9 Å². The summed E-state index contributed by atoms with van der Waals surface area (Å²) < 4.78 is 44.3. The minimum absolute atomic E-state index is 0.0591. The molecule has 4 rings (SSSR count). The number of nitrogens with zero attached hydrogens (tertiary/aromatic N) is 2. The van der Waals surface area contributed by atoms with Gasteiger partial charge in [-0.3, -0.25) is 9.10 Å². The number of hydrogen-bond donors (Lipinski definition) is 1. The molecule has 0 saturated heterocycles. The predicted molar refractivity (Wildman–Crippen MR) is 153 cm³/mol. The topological polar surface area (TPSA) is 107 Å². The maximum atomic E-state index is 13.4. The number of anilines is 1. The van der Waals surface area contributed by atoms with Crippen LogP contribution in [0.2, 0.25) is 0 Å². The maximum Gasteiger partial charge on any atom is 0.264 e. The van der Waals surface area contributed by atoms with Crippen LogP contribution in [0.4, 0.5) is 5.69 Å². The molecular weight excluding hydrogens is 530 g/mol. The molecule has 0 heterocycles. The van der Waals surface area contributed by atoms with E-state index in [9.17, 15) is 13.2 Å². The zero-order chi connectivity index (χ0) is 28.4. The second kappa shape index (κ2) is 13.3. The van der Waals surface area contributed by atoms with Crippen LogP contribution in [0.1, 0.15) is 11.1 Å². The predicted octanol–water partition coefficient (Wildman–Crippen LogP) is 4.63. The van der Waals surface area contributed by atoms with Crippen molar-refractivity contribution in [2.45, 2.75) is 11.5 Å². The first kappa shape index (κ1) is 28.2. The van der Waals surface area contributed by atoms with Crippen LogP contribution >= 0.6 is 0 Å². The molecule has 1 N–H and O–H groups in total. The van der Waals surface area contributed by atoms with E-state index in [0.29, 0.717) is 35.1 Å². The summed E-state index contributed by atoms with van der Waals surface area (Å²) in [7, 11) is -0.986. The van der Waals surface area contributed by atoms with Gasteiger partial charge in [0, 0.05) is 0 Å². The Kier molecular flexibility index (Phi) is 9.37. The lowest BCUT2D eigenvalue weighted by Gasteiger charge is -2.23. The summed E-state index contributed by atoms with van der Waals surface area (Å²) in [6.07, 6.45) is 1.44. The van der Waals surface area contributed by atoms with Gasteiger partial charge in [0.05, 0.1) is 31.0 Å². The lowest BCUT2D eigenvalue weighted by molar-refractivity contribution is -0.119. The molecule has 0 aliphatic rings. The first-order valence-corrected chi connectivity index (χ1v) is 13.7. The lowest BCUT2D eigenvalue weighted by atomic mass is 10.2. The molecule has 1 amide bonds. The maximum absolute atomic E-state index is 13.4. The first-order valence-electron chi connectivity index (χ1n) is 12.3. The highest BCUT2D eigenvalue weighted by atomic mass is 32.2. The monoisotopic (exact) mass is 559 g/mol. The van der Waals surface area contributed by atoms with Crippen molar-refractivity contribution >= 4 is 27.8 Å². The summed E-state index contributed by atoms with van der Waals surface area (Å²) >= 11 is 0. The molecule has 206 valence electrons. The fraction of sp³-hybridized carbons (Fsp3) is 0.133. The van der Waals surface area contributed by atoms with Crippen molar-refractivity contribution in [3.05, 3.63) is 114 Å². The van der Waals surface area contributed by atoms with Gasteiger partial charge in [0.15, 0.2) is 11.5 Å². The third-order valence-corrected chi connectivity index (χ3v) is 7.59. The number of hydrazone groups is 1. The van der Waals surface area contributed by atoms with Crippen LogP contribution in [-0.2, 0) is 21.4 Å². The average Bonchev–Trinajstić information content (AvgIpc) is 3.00. The smallest absolute Gasteiger partial charge is 0.264 e. The molecule has 4 aromatic rings. The van der Waals surface area contributed by atoms with Crippen molar-refractivity contribution < 1.29 is 27.4 Å². The largest absolute Gasteiger partial charge is 0.497 e. The van der Waals surface area contributed by atoms with E-state index < -0.39 is 22.5 Å². The second-order valence-corrected chi connectivity index (χ2v) is 10.4. The third kappa shape index (κ3) is 7.17. The molecule has 0 aliphatic heterocycles. The first-order chi connectivity index (χ1) is 19.4. The number of nitrogens with one attached hydrogen (secondary N) is 1. The highest BCUT2D eigenvalue weighted by Gasteiger charge is 2.27. The summed E-state index contributed by atoms with van der Waals surface area (Å²) in [4.78, 5) is 12.9. The van der Waals surface area contributed by atoms with Gasteiger partial charge in [-0.1, -0.05) is 48.5 Å². The van der Waals surface area contributed by atoms with Crippen molar-refractivity contribution in [2.24, 2.45) is 5.10 Å². The number of hydrogen-bond acceptors (Lipinski definition) is 7. The number of carbonyl (C=O) groups is 1. The van der Waals surface area contributed by atoms with Gasteiger partial charge < -0.3 is 14.2 Å². The van der Waals surface area contributed by atoms with Crippen LogP contribution in [0.3, 0.4) is 0 Å². The number of ether oxygens (including phenoxy) is 3. The molecule has 40 heavy (non-hydrogen) atoms. The van der Waals surface area contributed by atoms with Gasteiger partial charge in [-0.15, -0.1) is 0 Å². The lowest BCUT2D eigenvalue weighted by Crippen LogP contribution is -2.39. The number of sulfonamides is 1. The van der Waals surface area contributed by atoms with Crippen molar-refractivity contribution in [3.8, 4) is 17.2 Å². The van der Waals surface area contributed by atoms with Gasteiger partial charge in [-0.05, 0) is 65.7 Å². The SMILES string of the molecule is COc1ccc(N(CC(=O)N/N=C/c2ccc(OCc3ccccc3)c(OC)c2)S(=O)(=O)c2ccccc2)cc1. The van der Waals surface area contributed by atoms with Gasteiger partial charge in [-0.2, -0.15) is 5.10 Å².